The van der Waals surface area contributed by atoms with Gasteiger partial charge in [0.05, 0.1) is 14.2 Å². The van der Waals surface area contributed by atoms with Crippen LogP contribution >= 0.6 is 0 Å². The number of carbonyl (C=O) groups is 1. The van der Waals surface area contributed by atoms with Crippen molar-refractivity contribution in [2.75, 3.05) is 19.2 Å². The Kier molecular flexibility index (Phi) is 7.28. The van der Waals surface area contributed by atoms with E-state index in [1.807, 2.05) is 12.1 Å². The Labute approximate surface area is 180 Å². The molecular formula is C22H29N3O4S. The number of hydrogen-bond acceptors (Lipinski definition) is 7. The number of ether oxygens (including phenoxy) is 2. The summed E-state index contributed by atoms with van der Waals surface area (Å²) in [5.74, 6) is 6.73. The lowest BCUT2D eigenvalue weighted by molar-refractivity contribution is -0.113. The van der Waals surface area contributed by atoms with Crippen molar-refractivity contribution >= 4 is 22.3 Å². The maximum Gasteiger partial charge on any atom is 0.180 e. The maximum absolute atomic E-state index is 13.1. The summed E-state index contributed by atoms with van der Waals surface area (Å²) < 4.78 is 23.7. The second-order valence-corrected chi connectivity index (χ2v) is 9.17. The zero-order valence-corrected chi connectivity index (χ0v) is 19.0. The molecule has 0 heterocycles. The number of nitrogens with zero attached hydrogens (tertiary/aromatic N) is 1. The maximum atomic E-state index is 13.1. The lowest BCUT2D eigenvalue weighted by Gasteiger charge is -2.24. The number of allylic oxidation sites excluding steroid dienone is 1. The minimum Gasteiger partial charge on any atom is -0.497 e. The van der Waals surface area contributed by atoms with Crippen LogP contribution in [0.15, 0.2) is 58.1 Å². The Morgan fingerprint density at radius 1 is 1.03 bits per heavy atom. The van der Waals surface area contributed by atoms with Gasteiger partial charge in [-0.05, 0) is 35.2 Å². The molecule has 0 spiro atoms. The number of carbonyl (C=O) groups excluding carboxylic acids is 1. The molecule has 0 fully saturated rings. The zero-order valence-electron chi connectivity index (χ0n) is 18.2. The fourth-order valence-electron chi connectivity index (χ4n) is 2.86. The van der Waals surface area contributed by atoms with Crippen molar-refractivity contribution in [3.8, 4) is 11.5 Å². The van der Waals surface area contributed by atoms with E-state index in [1.165, 1.54) is 21.1 Å². The van der Waals surface area contributed by atoms with Crippen molar-refractivity contribution in [1.29, 1.82) is 0 Å². The van der Waals surface area contributed by atoms with Gasteiger partial charge in [-0.3, -0.25) is 9.80 Å². The molecule has 2 rings (SSSR count). The van der Waals surface area contributed by atoms with Crippen LogP contribution in [0.1, 0.15) is 33.3 Å². The Bertz CT molecular complexity index is 979. The first kappa shape index (κ1) is 23.4. The molecule has 7 nitrogen and oxygen atoms in total. The van der Waals surface area contributed by atoms with E-state index in [2.05, 4.69) is 20.8 Å². The fraction of sp³-hybridized carbons (Fsp3) is 0.318. The lowest BCUT2D eigenvalue weighted by Crippen LogP contribution is -2.36. The predicted octanol–water partition coefficient (Wildman–Crippen LogP) is 3.21. The normalized spacial score (nSPS) is 13.3. The Balaban J connectivity index is 2.52. The van der Waals surface area contributed by atoms with E-state index in [0.29, 0.717) is 22.1 Å². The molecule has 0 saturated heterocycles. The summed E-state index contributed by atoms with van der Waals surface area (Å²) in [5.41, 5.74) is 7.51. The summed E-state index contributed by atoms with van der Waals surface area (Å²) in [6.07, 6.45) is 0. The van der Waals surface area contributed by atoms with Gasteiger partial charge in [0.15, 0.2) is 5.78 Å². The summed E-state index contributed by atoms with van der Waals surface area (Å²) >= 11 is 0. The van der Waals surface area contributed by atoms with Crippen LogP contribution in [0.2, 0.25) is 0 Å². The average Bonchev–Trinajstić information content (AvgIpc) is 2.71. The van der Waals surface area contributed by atoms with Crippen molar-refractivity contribution in [2.24, 2.45) is 11.6 Å². The third kappa shape index (κ3) is 5.01. The highest BCUT2D eigenvalue weighted by Gasteiger charge is 2.24. The minimum absolute atomic E-state index is 0.0388. The molecular weight excluding hydrogens is 402 g/mol. The second-order valence-electron chi connectivity index (χ2n) is 7.72. The standard InChI is InChI=1S/C22H29N3O4S/c1-14(26)20(25(24)18-13-16(28-5)9-12-19(18)29-6)21(23)30(27)17-10-7-15(8-11-17)22(2,3)4/h7-13H,23-24H2,1-6H3/b21-20+. The first-order chi connectivity index (χ1) is 14.0. The molecule has 1 unspecified atom stereocenters. The number of ketones is 1. The summed E-state index contributed by atoms with van der Waals surface area (Å²) in [5, 5.41) is 0.943. The number of Topliss-reactive ketones (excluding diaryl/α,β-unsaturated/α-hetero) is 1. The molecule has 0 aromatic heterocycles. The SMILES string of the molecule is COc1ccc(OC)c(N(N)/C(C(C)=O)=C(\N)S(=O)c2ccc(C(C)(C)C)cc2)c1. The van der Waals surface area contributed by atoms with Crippen LogP contribution in [-0.2, 0) is 21.0 Å². The van der Waals surface area contributed by atoms with E-state index in [0.717, 1.165) is 10.6 Å². The molecule has 0 bridgehead atoms. The molecule has 0 aliphatic rings. The van der Waals surface area contributed by atoms with Gasteiger partial charge in [-0.2, -0.15) is 0 Å². The van der Waals surface area contributed by atoms with Crippen LogP contribution in [-0.4, -0.2) is 24.2 Å². The first-order valence-electron chi connectivity index (χ1n) is 9.31. The van der Waals surface area contributed by atoms with Gasteiger partial charge in [0.25, 0.3) is 0 Å². The molecule has 8 heteroatoms. The van der Waals surface area contributed by atoms with Crippen LogP contribution < -0.4 is 26.1 Å². The van der Waals surface area contributed by atoms with Gasteiger partial charge in [-0.1, -0.05) is 32.9 Å². The Morgan fingerprint density at radius 3 is 2.10 bits per heavy atom. The van der Waals surface area contributed by atoms with E-state index in [1.54, 1.807) is 30.3 Å². The van der Waals surface area contributed by atoms with Crippen LogP contribution in [0.25, 0.3) is 0 Å². The van der Waals surface area contributed by atoms with Gasteiger partial charge in [-0.15, -0.1) is 0 Å². The highest BCUT2D eigenvalue weighted by Crippen LogP contribution is 2.33. The number of anilines is 1. The van der Waals surface area contributed by atoms with Gasteiger partial charge < -0.3 is 15.2 Å². The van der Waals surface area contributed by atoms with Crippen LogP contribution in [0.3, 0.4) is 0 Å². The monoisotopic (exact) mass is 431 g/mol. The molecule has 0 radical (unpaired) electrons. The summed E-state index contributed by atoms with van der Waals surface area (Å²) in [7, 11) is 1.21. The fourth-order valence-corrected chi connectivity index (χ4v) is 3.92. The van der Waals surface area contributed by atoms with Gasteiger partial charge in [0, 0.05) is 17.9 Å². The number of nitrogens with two attached hydrogens (primary N) is 2. The summed E-state index contributed by atoms with van der Waals surface area (Å²) in [4.78, 5) is 12.9. The van der Waals surface area contributed by atoms with Crippen molar-refractivity contribution in [2.45, 2.75) is 38.0 Å². The molecule has 1 atom stereocenters. The van der Waals surface area contributed by atoms with E-state index in [-0.39, 0.29) is 16.1 Å². The van der Waals surface area contributed by atoms with Gasteiger partial charge in [0.2, 0.25) is 0 Å². The average molecular weight is 432 g/mol. The molecule has 162 valence electrons. The second kappa shape index (κ2) is 9.32. The molecule has 4 N–H and O–H groups in total. The zero-order chi connectivity index (χ0) is 22.6. The van der Waals surface area contributed by atoms with E-state index < -0.39 is 16.6 Å². The molecule has 0 aliphatic heterocycles. The smallest absolute Gasteiger partial charge is 0.180 e. The number of rotatable bonds is 7. The van der Waals surface area contributed by atoms with Crippen LogP contribution in [0.5, 0.6) is 11.5 Å². The van der Waals surface area contributed by atoms with Gasteiger partial charge >= 0.3 is 0 Å². The largest absolute Gasteiger partial charge is 0.497 e. The number of benzene rings is 2. The highest BCUT2D eigenvalue weighted by molar-refractivity contribution is 7.89. The molecule has 0 saturated carbocycles. The third-order valence-electron chi connectivity index (χ3n) is 4.59. The molecule has 0 aliphatic carbocycles. The topological polar surface area (TPSA) is 108 Å². The molecule has 2 aromatic rings. The Hall–Kier alpha value is -2.84. The molecule has 30 heavy (non-hydrogen) atoms. The van der Waals surface area contributed by atoms with E-state index >= 15 is 0 Å². The highest BCUT2D eigenvalue weighted by atomic mass is 32.2. The van der Waals surface area contributed by atoms with Crippen molar-refractivity contribution < 1.29 is 18.5 Å². The minimum atomic E-state index is -1.78. The molecule has 0 amide bonds. The van der Waals surface area contributed by atoms with E-state index in [4.69, 9.17) is 21.1 Å². The summed E-state index contributed by atoms with van der Waals surface area (Å²) in [6, 6.07) is 12.3. The van der Waals surface area contributed by atoms with Gasteiger partial charge in [-0.25, -0.2) is 10.1 Å². The van der Waals surface area contributed by atoms with Crippen molar-refractivity contribution in [3.05, 3.63) is 58.8 Å². The number of hydrogen-bond donors (Lipinski definition) is 2. The lowest BCUT2D eigenvalue weighted by atomic mass is 9.87. The number of hydrazine groups is 1. The van der Waals surface area contributed by atoms with Crippen molar-refractivity contribution in [1.82, 2.24) is 0 Å². The van der Waals surface area contributed by atoms with Crippen LogP contribution in [0, 0.1) is 0 Å². The molecule has 2 aromatic carbocycles. The van der Waals surface area contributed by atoms with E-state index in [9.17, 15) is 9.00 Å². The van der Waals surface area contributed by atoms with Crippen molar-refractivity contribution in [3.63, 3.8) is 0 Å². The Morgan fingerprint density at radius 2 is 1.63 bits per heavy atom. The number of methoxy groups -OCH3 is 2. The third-order valence-corrected chi connectivity index (χ3v) is 5.88. The quantitative estimate of drug-likeness (QED) is 0.394. The predicted molar refractivity (Wildman–Crippen MR) is 120 cm³/mol. The summed E-state index contributed by atoms with van der Waals surface area (Å²) in [6.45, 7) is 7.59. The van der Waals surface area contributed by atoms with Gasteiger partial charge in [0.1, 0.15) is 38.7 Å². The first-order valence-corrected chi connectivity index (χ1v) is 10.5. The van der Waals surface area contributed by atoms with Crippen LogP contribution in [0.4, 0.5) is 5.69 Å².